The third-order valence-electron chi connectivity index (χ3n) is 1.77. The van der Waals surface area contributed by atoms with Crippen molar-refractivity contribution in [1.29, 1.82) is 0 Å². The first-order valence-electron chi connectivity index (χ1n) is 3.79. The molecule has 1 heterocycles. The van der Waals surface area contributed by atoms with Gasteiger partial charge in [0, 0.05) is 6.04 Å². The van der Waals surface area contributed by atoms with Crippen LogP contribution in [0.25, 0.3) is 0 Å². The van der Waals surface area contributed by atoms with Crippen molar-refractivity contribution in [3.8, 4) is 0 Å². The molecule has 52 valence electrons. The molecule has 1 saturated heterocycles. The minimum absolute atomic E-state index is 0.670. The van der Waals surface area contributed by atoms with Crippen LogP contribution in [0.2, 0.25) is 0 Å². The van der Waals surface area contributed by atoms with Crippen molar-refractivity contribution in [2.24, 2.45) is 0 Å². The molecule has 1 heteroatoms. The molecule has 1 N–H and O–H groups in total. The Hall–Kier alpha value is -0.300. The Morgan fingerprint density at radius 2 is 2.33 bits per heavy atom. The first kappa shape index (κ1) is 6.81. The number of hydrogen-bond acceptors (Lipinski definition) is 1. The van der Waals surface area contributed by atoms with Gasteiger partial charge in [-0.1, -0.05) is 18.6 Å². The lowest BCUT2D eigenvalue weighted by Crippen LogP contribution is -2.31. The molecular formula is C8H15N. The molecule has 1 fully saturated rings. The Morgan fingerprint density at radius 3 is 2.89 bits per heavy atom. The van der Waals surface area contributed by atoms with Gasteiger partial charge in [-0.15, -0.1) is 0 Å². The second-order valence-corrected chi connectivity index (χ2v) is 2.58. The zero-order valence-corrected chi connectivity index (χ0v) is 6.06. The molecular weight excluding hydrogens is 110 g/mol. The van der Waals surface area contributed by atoms with Crippen LogP contribution in [0.4, 0.5) is 0 Å². The summed E-state index contributed by atoms with van der Waals surface area (Å²) >= 11 is 0. The zero-order valence-electron chi connectivity index (χ0n) is 6.06. The number of piperidine rings is 1. The molecule has 0 bridgehead atoms. The SMILES string of the molecule is C/C=C\[C@H]1CCCCN1. The smallest absolute Gasteiger partial charge is 0.0249 e. The molecule has 0 saturated carbocycles. The molecule has 9 heavy (non-hydrogen) atoms. The van der Waals surface area contributed by atoms with Crippen LogP contribution in [-0.2, 0) is 0 Å². The maximum absolute atomic E-state index is 3.43. The summed E-state index contributed by atoms with van der Waals surface area (Å²) in [6.07, 6.45) is 8.45. The summed E-state index contributed by atoms with van der Waals surface area (Å²) in [6.45, 7) is 3.28. The summed E-state index contributed by atoms with van der Waals surface area (Å²) in [6, 6.07) is 0.670. The van der Waals surface area contributed by atoms with Gasteiger partial charge in [0.15, 0.2) is 0 Å². The largest absolute Gasteiger partial charge is 0.311 e. The van der Waals surface area contributed by atoms with Gasteiger partial charge in [0.25, 0.3) is 0 Å². The Morgan fingerprint density at radius 1 is 1.44 bits per heavy atom. The molecule has 0 aliphatic carbocycles. The van der Waals surface area contributed by atoms with Crippen LogP contribution >= 0.6 is 0 Å². The van der Waals surface area contributed by atoms with Gasteiger partial charge in [-0.3, -0.25) is 0 Å². The van der Waals surface area contributed by atoms with E-state index in [1.165, 1.54) is 25.8 Å². The van der Waals surface area contributed by atoms with Crippen molar-refractivity contribution in [3.05, 3.63) is 12.2 Å². The normalized spacial score (nSPS) is 29.2. The van der Waals surface area contributed by atoms with E-state index in [0.717, 1.165) is 0 Å². The van der Waals surface area contributed by atoms with Crippen LogP contribution in [0.3, 0.4) is 0 Å². The van der Waals surface area contributed by atoms with Crippen LogP contribution in [0, 0.1) is 0 Å². The van der Waals surface area contributed by atoms with Crippen molar-refractivity contribution in [1.82, 2.24) is 5.32 Å². The van der Waals surface area contributed by atoms with Gasteiger partial charge in [0.1, 0.15) is 0 Å². The van der Waals surface area contributed by atoms with Gasteiger partial charge in [-0.25, -0.2) is 0 Å². The van der Waals surface area contributed by atoms with E-state index in [4.69, 9.17) is 0 Å². The first-order valence-corrected chi connectivity index (χ1v) is 3.79. The highest BCUT2D eigenvalue weighted by Crippen LogP contribution is 2.07. The summed E-state index contributed by atoms with van der Waals surface area (Å²) in [7, 11) is 0. The lowest BCUT2D eigenvalue weighted by molar-refractivity contribution is 0.454. The Bertz CT molecular complexity index is 90.7. The van der Waals surface area contributed by atoms with E-state index in [-0.39, 0.29) is 0 Å². The van der Waals surface area contributed by atoms with Crippen molar-refractivity contribution in [2.75, 3.05) is 6.54 Å². The third kappa shape index (κ3) is 2.19. The molecule has 0 amide bonds. The van der Waals surface area contributed by atoms with E-state index in [1.807, 2.05) is 0 Å². The standard InChI is InChI=1S/C8H15N/c1-2-5-8-6-3-4-7-9-8/h2,5,8-9H,3-4,6-7H2,1H3/b5-2-/t8-/m0/s1. The summed E-state index contributed by atoms with van der Waals surface area (Å²) in [5.41, 5.74) is 0. The number of allylic oxidation sites excluding steroid dienone is 1. The van der Waals surface area contributed by atoms with Gasteiger partial charge < -0.3 is 5.32 Å². The van der Waals surface area contributed by atoms with Gasteiger partial charge in [-0.05, 0) is 26.3 Å². The summed E-state index contributed by atoms with van der Waals surface area (Å²) in [4.78, 5) is 0. The summed E-state index contributed by atoms with van der Waals surface area (Å²) < 4.78 is 0. The van der Waals surface area contributed by atoms with Gasteiger partial charge in [0.05, 0.1) is 0 Å². The fourth-order valence-electron chi connectivity index (χ4n) is 1.28. The molecule has 0 aromatic heterocycles. The van der Waals surface area contributed by atoms with E-state index in [2.05, 4.69) is 24.4 Å². The zero-order chi connectivity index (χ0) is 6.53. The number of nitrogens with one attached hydrogen (secondary N) is 1. The highest BCUT2D eigenvalue weighted by atomic mass is 14.9. The maximum Gasteiger partial charge on any atom is 0.0249 e. The van der Waals surface area contributed by atoms with Crippen LogP contribution in [0.1, 0.15) is 26.2 Å². The van der Waals surface area contributed by atoms with E-state index >= 15 is 0 Å². The topological polar surface area (TPSA) is 12.0 Å². The summed E-state index contributed by atoms with van der Waals surface area (Å²) in [5.74, 6) is 0. The van der Waals surface area contributed by atoms with E-state index < -0.39 is 0 Å². The molecule has 1 rings (SSSR count). The monoisotopic (exact) mass is 125 g/mol. The molecule has 0 radical (unpaired) electrons. The number of hydrogen-bond donors (Lipinski definition) is 1. The molecule has 1 nitrogen and oxygen atoms in total. The van der Waals surface area contributed by atoms with E-state index in [0.29, 0.717) is 6.04 Å². The quantitative estimate of drug-likeness (QED) is 0.526. The fraction of sp³-hybridized carbons (Fsp3) is 0.750. The predicted octanol–water partition coefficient (Wildman–Crippen LogP) is 1.70. The lowest BCUT2D eigenvalue weighted by atomic mass is 10.1. The van der Waals surface area contributed by atoms with Crippen molar-refractivity contribution in [2.45, 2.75) is 32.2 Å². The molecule has 1 aliphatic rings. The van der Waals surface area contributed by atoms with E-state index in [1.54, 1.807) is 0 Å². The van der Waals surface area contributed by atoms with Crippen LogP contribution in [0.15, 0.2) is 12.2 Å². The molecule has 0 aromatic rings. The minimum atomic E-state index is 0.670. The predicted molar refractivity (Wildman–Crippen MR) is 40.5 cm³/mol. The van der Waals surface area contributed by atoms with Gasteiger partial charge >= 0.3 is 0 Å². The molecule has 0 spiro atoms. The van der Waals surface area contributed by atoms with Crippen LogP contribution in [0.5, 0.6) is 0 Å². The molecule has 1 atom stereocenters. The van der Waals surface area contributed by atoms with Crippen LogP contribution in [-0.4, -0.2) is 12.6 Å². The minimum Gasteiger partial charge on any atom is -0.311 e. The van der Waals surface area contributed by atoms with Crippen LogP contribution < -0.4 is 5.32 Å². The third-order valence-corrected chi connectivity index (χ3v) is 1.77. The molecule has 0 unspecified atom stereocenters. The Labute approximate surface area is 57.1 Å². The van der Waals surface area contributed by atoms with Crippen molar-refractivity contribution >= 4 is 0 Å². The Kier molecular flexibility index (Phi) is 2.78. The molecule has 0 aromatic carbocycles. The van der Waals surface area contributed by atoms with Crippen molar-refractivity contribution in [3.63, 3.8) is 0 Å². The Balaban J connectivity index is 2.23. The van der Waals surface area contributed by atoms with Gasteiger partial charge in [0.2, 0.25) is 0 Å². The number of rotatable bonds is 1. The first-order chi connectivity index (χ1) is 4.43. The average Bonchev–Trinajstić information content (AvgIpc) is 1.91. The van der Waals surface area contributed by atoms with E-state index in [9.17, 15) is 0 Å². The molecule has 1 aliphatic heterocycles. The summed E-state index contributed by atoms with van der Waals surface area (Å²) in [5, 5.41) is 3.43. The highest BCUT2D eigenvalue weighted by molar-refractivity contribution is 4.92. The maximum atomic E-state index is 3.43. The lowest BCUT2D eigenvalue weighted by Gasteiger charge is -2.19. The average molecular weight is 125 g/mol. The van der Waals surface area contributed by atoms with Gasteiger partial charge in [-0.2, -0.15) is 0 Å². The van der Waals surface area contributed by atoms with Crippen molar-refractivity contribution < 1.29 is 0 Å². The second kappa shape index (κ2) is 3.67. The fourth-order valence-corrected chi connectivity index (χ4v) is 1.28. The highest BCUT2D eigenvalue weighted by Gasteiger charge is 2.06. The second-order valence-electron chi connectivity index (χ2n) is 2.58.